The lowest BCUT2D eigenvalue weighted by molar-refractivity contribution is -0.160. The van der Waals surface area contributed by atoms with E-state index in [9.17, 15) is 14.3 Å². The number of rotatable bonds is 6. The van der Waals surface area contributed by atoms with Crippen LogP contribution in [0.15, 0.2) is 54.6 Å². The van der Waals surface area contributed by atoms with Crippen LogP contribution in [0.5, 0.6) is 5.75 Å². The van der Waals surface area contributed by atoms with Crippen molar-refractivity contribution in [3.63, 3.8) is 0 Å². The maximum Gasteiger partial charge on any atom is 0.337 e. The third-order valence-corrected chi connectivity index (χ3v) is 8.19. The van der Waals surface area contributed by atoms with Gasteiger partial charge in [-0.05, 0) is 83.7 Å². The molecule has 0 saturated carbocycles. The molecule has 1 unspecified atom stereocenters. The summed E-state index contributed by atoms with van der Waals surface area (Å²) in [6, 6.07) is 15.4. The van der Waals surface area contributed by atoms with Gasteiger partial charge in [0.25, 0.3) is 0 Å². The van der Waals surface area contributed by atoms with Gasteiger partial charge in [-0.1, -0.05) is 36.4 Å². The van der Waals surface area contributed by atoms with Gasteiger partial charge in [-0.3, -0.25) is 0 Å². The van der Waals surface area contributed by atoms with Gasteiger partial charge < -0.3 is 14.6 Å². The summed E-state index contributed by atoms with van der Waals surface area (Å²) < 4.78 is 43.8. The van der Waals surface area contributed by atoms with Crippen molar-refractivity contribution in [2.24, 2.45) is 0 Å². The molecule has 0 aliphatic carbocycles. The minimum absolute atomic E-state index is 0.231. The smallest absolute Gasteiger partial charge is 0.337 e. The zero-order valence-electron chi connectivity index (χ0n) is 26.2. The quantitative estimate of drug-likeness (QED) is 0.208. The van der Waals surface area contributed by atoms with Crippen molar-refractivity contribution in [3.05, 3.63) is 94.2 Å². The van der Waals surface area contributed by atoms with Crippen LogP contribution < -0.4 is 4.74 Å². The van der Waals surface area contributed by atoms with Crippen LogP contribution in [0.3, 0.4) is 0 Å². The lowest BCUT2D eigenvalue weighted by atomic mass is 9.91. The van der Waals surface area contributed by atoms with Gasteiger partial charge in [0.05, 0.1) is 23.6 Å². The van der Waals surface area contributed by atoms with Crippen LogP contribution >= 0.6 is 0 Å². The summed E-state index contributed by atoms with van der Waals surface area (Å²) in [4.78, 5) is 17.7. The number of aromatic nitrogens is 3. The predicted molar refractivity (Wildman–Crippen MR) is 168 cm³/mol. The molecule has 7 nitrogen and oxygen atoms in total. The summed E-state index contributed by atoms with van der Waals surface area (Å²) in [7, 11) is 0. The molecule has 1 aliphatic heterocycles. The Morgan fingerprint density at radius 2 is 1.71 bits per heavy atom. The first-order valence-corrected chi connectivity index (χ1v) is 15.0. The monoisotopic (exact) mass is 611 g/mol. The Bertz CT molecular complexity index is 1980. The second-order valence-electron chi connectivity index (χ2n) is 12.5. The number of carbonyl (C=O) groups is 1. The zero-order chi connectivity index (χ0) is 32.2. The Labute approximate surface area is 260 Å². The van der Waals surface area contributed by atoms with E-state index < -0.39 is 23.5 Å². The highest BCUT2D eigenvalue weighted by atomic mass is 19.1. The Hall–Kier alpha value is -4.63. The van der Waals surface area contributed by atoms with Crippen LogP contribution in [0.1, 0.15) is 61.2 Å². The Morgan fingerprint density at radius 3 is 2.42 bits per heavy atom. The molecule has 0 fully saturated rings. The fraction of sp³-hybridized carbons (Fsp3) is 0.306. The van der Waals surface area contributed by atoms with Crippen molar-refractivity contribution in [2.45, 2.75) is 66.1 Å². The molecule has 0 saturated heterocycles. The molecule has 1 atom stereocenters. The van der Waals surface area contributed by atoms with Gasteiger partial charge in [0.2, 0.25) is 0 Å². The van der Waals surface area contributed by atoms with Crippen LogP contribution in [0.25, 0.3) is 39.3 Å². The van der Waals surface area contributed by atoms with Gasteiger partial charge in [0.15, 0.2) is 23.3 Å². The Morgan fingerprint density at radius 1 is 0.978 bits per heavy atom. The largest absolute Gasteiger partial charge is 0.490 e. The first kappa shape index (κ1) is 30.4. The number of benzene rings is 3. The summed E-state index contributed by atoms with van der Waals surface area (Å²) in [5.74, 6) is -1.83. The highest BCUT2D eigenvalue weighted by molar-refractivity contribution is 5.84. The van der Waals surface area contributed by atoms with Gasteiger partial charge in [-0.25, -0.2) is 23.1 Å². The van der Waals surface area contributed by atoms with E-state index in [1.54, 1.807) is 50.4 Å². The second kappa shape index (κ2) is 11.4. The third kappa shape index (κ3) is 5.46. The second-order valence-corrected chi connectivity index (χ2v) is 12.5. The van der Waals surface area contributed by atoms with Crippen molar-refractivity contribution >= 4 is 11.6 Å². The maximum atomic E-state index is 15.7. The number of nitrogens with zero attached hydrogens (tertiary/aromatic N) is 3. The number of aliphatic carboxylic acids is 1. The molecule has 1 N–H and O–H groups in total. The van der Waals surface area contributed by atoms with Crippen LogP contribution in [-0.4, -0.2) is 37.9 Å². The molecule has 1 aliphatic rings. The standard InChI is InChI=1S/C36H35F2N3O4/c1-19-24-14-10-16-44-32(24)28(38)18-26(19)31-29(33(35(42)43)45-36(4,5)6)21(3)39-34-20(2)30(40-41(31)34)23-12-9-11-22(17-23)25-13-7-8-15-27(25)37/h7-9,11-13,15,17-18,33H,10,14,16H2,1-6H3,(H,42,43). The maximum absolute atomic E-state index is 15.7. The minimum atomic E-state index is -1.41. The van der Waals surface area contributed by atoms with Gasteiger partial charge in [0, 0.05) is 39.1 Å². The summed E-state index contributed by atoms with van der Waals surface area (Å²) >= 11 is 0. The number of halogens is 2. The number of hydrogen-bond acceptors (Lipinski definition) is 5. The minimum Gasteiger partial charge on any atom is -0.490 e. The SMILES string of the molecule is Cc1nc2c(C)c(-c3cccc(-c4ccccc4F)c3)nn2c(-c2cc(F)c3c(c2C)CCCO3)c1C(OC(C)(C)C)C(=O)O. The summed E-state index contributed by atoms with van der Waals surface area (Å²) in [5, 5.41) is 15.5. The molecular formula is C36H35F2N3O4. The number of carboxylic acids is 1. The van der Waals surface area contributed by atoms with Gasteiger partial charge in [0.1, 0.15) is 5.82 Å². The molecular weight excluding hydrogens is 576 g/mol. The number of ether oxygens (including phenoxy) is 2. The van der Waals surface area contributed by atoms with Crippen LogP contribution in [0.2, 0.25) is 0 Å². The molecule has 5 aromatic rings. The average Bonchev–Trinajstić information content (AvgIpc) is 3.32. The molecule has 6 rings (SSSR count). The predicted octanol–water partition coefficient (Wildman–Crippen LogP) is 8.20. The van der Waals surface area contributed by atoms with Crippen molar-refractivity contribution in [1.29, 1.82) is 0 Å². The van der Waals surface area contributed by atoms with Crippen LogP contribution in [0, 0.1) is 32.4 Å². The summed E-state index contributed by atoms with van der Waals surface area (Å²) in [6.45, 7) is 11.3. The van der Waals surface area contributed by atoms with E-state index in [0.29, 0.717) is 58.0 Å². The van der Waals surface area contributed by atoms with Crippen molar-refractivity contribution < 1.29 is 28.2 Å². The van der Waals surface area contributed by atoms with E-state index in [0.717, 1.165) is 28.7 Å². The third-order valence-electron chi connectivity index (χ3n) is 8.19. The molecule has 9 heteroatoms. The highest BCUT2D eigenvalue weighted by Gasteiger charge is 2.35. The highest BCUT2D eigenvalue weighted by Crippen LogP contribution is 2.42. The lowest BCUT2D eigenvalue weighted by Crippen LogP contribution is -2.29. The molecule has 0 bridgehead atoms. The van der Waals surface area contributed by atoms with E-state index in [2.05, 4.69) is 0 Å². The van der Waals surface area contributed by atoms with Gasteiger partial charge in [-0.15, -0.1) is 0 Å². The van der Waals surface area contributed by atoms with Crippen molar-refractivity contribution in [2.75, 3.05) is 6.61 Å². The number of carboxylic acid groups (broad SMARTS) is 1. The summed E-state index contributed by atoms with van der Waals surface area (Å²) in [5.41, 5.74) is 5.98. The van der Waals surface area contributed by atoms with E-state index in [1.807, 2.05) is 38.1 Å². The van der Waals surface area contributed by atoms with E-state index >= 15 is 4.39 Å². The molecule has 0 spiro atoms. The first-order valence-electron chi connectivity index (χ1n) is 15.0. The van der Waals surface area contributed by atoms with Crippen LogP contribution in [-0.2, 0) is 16.0 Å². The van der Waals surface area contributed by atoms with Crippen molar-refractivity contribution in [1.82, 2.24) is 14.6 Å². The van der Waals surface area contributed by atoms with E-state index in [4.69, 9.17) is 19.6 Å². The fourth-order valence-corrected chi connectivity index (χ4v) is 6.15. The molecule has 3 aromatic carbocycles. The Balaban J connectivity index is 1.67. The van der Waals surface area contributed by atoms with Crippen LogP contribution in [0.4, 0.5) is 8.78 Å². The summed E-state index contributed by atoms with van der Waals surface area (Å²) in [6.07, 6.45) is -0.0477. The average molecular weight is 612 g/mol. The fourth-order valence-electron chi connectivity index (χ4n) is 6.15. The molecule has 0 radical (unpaired) electrons. The van der Waals surface area contributed by atoms with Gasteiger partial charge in [-0.2, -0.15) is 5.10 Å². The molecule has 3 heterocycles. The zero-order valence-corrected chi connectivity index (χ0v) is 26.2. The lowest BCUT2D eigenvalue weighted by Gasteiger charge is -2.28. The van der Waals surface area contributed by atoms with Crippen molar-refractivity contribution in [3.8, 4) is 39.4 Å². The van der Waals surface area contributed by atoms with Gasteiger partial charge >= 0.3 is 5.97 Å². The number of fused-ring (bicyclic) bond motifs is 2. The Kier molecular flexibility index (Phi) is 7.69. The number of hydrogen-bond donors (Lipinski definition) is 1. The number of aryl methyl sites for hydroxylation is 2. The normalized spacial score (nSPS) is 13.9. The van der Waals surface area contributed by atoms with E-state index in [1.165, 1.54) is 12.1 Å². The van der Waals surface area contributed by atoms with E-state index in [-0.39, 0.29) is 11.6 Å². The first-order chi connectivity index (χ1) is 21.4. The molecule has 0 amide bonds. The topological polar surface area (TPSA) is 86.0 Å². The molecule has 45 heavy (non-hydrogen) atoms. The molecule has 2 aromatic heterocycles. The molecule has 232 valence electrons.